The van der Waals surface area contributed by atoms with E-state index in [1.165, 1.54) is 24.3 Å². The predicted octanol–water partition coefficient (Wildman–Crippen LogP) is 12.4. The quantitative estimate of drug-likeness (QED) is 0.0636. The second-order valence-electron chi connectivity index (χ2n) is 15.4. The molecule has 14 heteroatoms. The van der Waals surface area contributed by atoms with Crippen LogP contribution in [0.2, 0.25) is 10.0 Å². The number of halogens is 4. The number of non-ortho nitro benzene ring substituents is 1. The Balaban J connectivity index is 0.000000190. The lowest BCUT2D eigenvalue weighted by molar-refractivity contribution is -0.384. The maximum absolute atomic E-state index is 15.0. The third-order valence-electron chi connectivity index (χ3n) is 9.89. The molecule has 6 aromatic carbocycles. The van der Waals surface area contributed by atoms with Crippen LogP contribution in [0.25, 0.3) is 44.1 Å². The Morgan fingerprint density at radius 2 is 1.18 bits per heavy atom. The molecule has 0 spiro atoms. The molecule has 2 aromatic heterocycles. The number of aromatic carboxylic acids is 1. The van der Waals surface area contributed by atoms with Crippen molar-refractivity contribution in [2.75, 3.05) is 5.73 Å². The summed E-state index contributed by atoms with van der Waals surface area (Å²) in [5.74, 6) is -2.77. The smallest absolute Gasteiger partial charge is 0.356 e. The van der Waals surface area contributed by atoms with Gasteiger partial charge in [-0.15, -0.1) is 0 Å². The molecule has 0 aliphatic heterocycles. The minimum Gasteiger partial charge on any atom is -0.477 e. The molecule has 0 amide bonds. The largest absolute Gasteiger partial charge is 0.477 e. The van der Waals surface area contributed by atoms with Gasteiger partial charge in [0, 0.05) is 85.0 Å². The van der Waals surface area contributed by atoms with Gasteiger partial charge in [0.05, 0.1) is 4.92 Å². The first-order valence-corrected chi connectivity index (χ1v) is 19.9. The number of rotatable bonds is 9. The third kappa shape index (κ3) is 9.02. The highest BCUT2D eigenvalue weighted by Gasteiger charge is 2.30. The van der Waals surface area contributed by atoms with Crippen LogP contribution in [0.1, 0.15) is 52.9 Å². The van der Waals surface area contributed by atoms with Crippen LogP contribution in [0.4, 0.5) is 20.2 Å². The molecule has 0 radical (unpaired) electrons. The summed E-state index contributed by atoms with van der Waals surface area (Å²) in [5.41, 5.74) is 9.58. The van der Waals surface area contributed by atoms with E-state index in [0.717, 1.165) is 5.56 Å². The highest BCUT2D eigenvalue weighted by atomic mass is 35.5. The summed E-state index contributed by atoms with van der Waals surface area (Å²) in [6.45, 7) is 5.65. The van der Waals surface area contributed by atoms with Crippen LogP contribution < -0.4 is 5.73 Å². The Morgan fingerprint density at radius 3 is 1.66 bits per heavy atom. The average Bonchev–Trinajstić information content (AvgIpc) is 3.69. The van der Waals surface area contributed by atoms with Crippen molar-refractivity contribution in [1.29, 1.82) is 0 Å². The van der Waals surface area contributed by atoms with Gasteiger partial charge in [0.15, 0.2) is 0 Å². The molecule has 0 atom stereocenters. The zero-order valence-electron chi connectivity index (χ0n) is 33.5. The van der Waals surface area contributed by atoms with Crippen molar-refractivity contribution in [3.8, 4) is 22.3 Å². The Morgan fingerprint density at radius 1 is 0.694 bits per heavy atom. The number of nitrogens with two attached hydrogens (primary N) is 1. The molecule has 0 aliphatic carbocycles. The topological polar surface area (TPSA) is 143 Å². The van der Waals surface area contributed by atoms with Gasteiger partial charge in [0.1, 0.15) is 28.6 Å². The number of carbonyl (C=O) groups excluding carboxylic acids is 1. The van der Waals surface area contributed by atoms with Crippen LogP contribution in [0, 0.1) is 21.7 Å². The van der Waals surface area contributed by atoms with E-state index in [0.29, 0.717) is 54.2 Å². The van der Waals surface area contributed by atoms with Crippen molar-refractivity contribution in [3.05, 3.63) is 188 Å². The highest BCUT2D eigenvalue weighted by Crippen LogP contribution is 2.40. The lowest BCUT2D eigenvalue weighted by atomic mass is 10.0. The van der Waals surface area contributed by atoms with Crippen LogP contribution in [-0.2, 0) is 17.8 Å². The Hall–Kier alpha value is -7.02. The molecule has 0 saturated carbocycles. The van der Waals surface area contributed by atoms with Gasteiger partial charge in [-0.25, -0.2) is 18.4 Å². The highest BCUT2D eigenvalue weighted by molar-refractivity contribution is 6.32. The van der Waals surface area contributed by atoms with E-state index in [1.807, 2.05) is 12.1 Å². The number of aromatic nitrogens is 2. The molecular weight excluding hydrogens is 837 g/mol. The molecule has 0 fully saturated rings. The predicted molar refractivity (Wildman–Crippen MR) is 239 cm³/mol. The van der Waals surface area contributed by atoms with Gasteiger partial charge >= 0.3 is 11.9 Å². The number of carboxylic acid groups (broad SMARTS) is 1. The number of hydrogen-bond acceptors (Lipinski definition) is 6. The van der Waals surface area contributed by atoms with Gasteiger partial charge in [-0.2, -0.15) is 0 Å². The number of anilines is 1. The maximum atomic E-state index is 15.0. The van der Waals surface area contributed by atoms with Crippen molar-refractivity contribution in [2.24, 2.45) is 0 Å². The summed E-state index contributed by atoms with van der Waals surface area (Å²) < 4.78 is 38.6. The number of hydrogen-bond donors (Lipinski definition) is 2. The van der Waals surface area contributed by atoms with E-state index in [9.17, 15) is 33.6 Å². The fourth-order valence-electron chi connectivity index (χ4n) is 7.44. The second kappa shape index (κ2) is 17.5. The molecule has 0 saturated heterocycles. The number of benzene rings is 6. The maximum Gasteiger partial charge on any atom is 0.356 e. The number of nitro groups is 1. The van der Waals surface area contributed by atoms with Crippen LogP contribution >= 0.6 is 23.2 Å². The standard InChI is InChI=1S/C26H22ClFN2O4.C22H16ClFN2O2/c1-26(2,3)34-25(31)24-23(19-9-4-5-10-21(19)28)20-14-17(27)11-12-22(20)29(24)15-16-7-6-8-18(13-16)30(32)33;23-14-8-9-19-17(11-14)20(16-6-1-2-7-18(16)24)21(22(27)28)26(19)12-13-4-3-5-15(25)10-13/h4-14H,15H2,1-3H3;1-11H,12,25H2,(H,27,28). The summed E-state index contributed by atoms with van der Waals surface area (Å²) in [6, 6.07) is 35.9. The normalized spacial score (nSPS) is 11.3. The fraction of sp³-hybridized carbons (Fsp3) is 0.125. The molecule has 62 heavy (non-hydrogen) atoms. The van der Waals surface area contributed by atoms with E-state index < -0.39 is 34.1 Å². The minimum absolute atomic E-state index is 0.00444. The SMILES string of the molecule is CC(C)(C)OC(=O)c1c(-c2ccccc2F)c2cc(Cl)ccc2n1Cc1cccc([N+](=O)[O-])c1.Nc1cccc(Cn2c(C(=O)O)c(-c3ccccc3F)c3cc(Cl)ccc32)c1. The molecule has 8 aromatic rings. The molecule has 314 valence electrons. The summed E-state index contributed by atoms with van der Waals surface area (Å²) in [6.07, 6.45) is 0. The number of carbonyl (C=O) groups is 2. The van der Waals surface area contributed by atoms with E-state index in [2.05, 4.69) is 0 Å². The Labute approximate surface area is 364 Å². The molecule has 10 nitrogen and oxygen atoms in total. The van der Waals surface area contributed by atoms with Gasteiger partial charge < -0.3 is 24.7 Å². The second-order valence-corrected chi connectivity index (χ2v) is 16.3. The summed E-state index contributed by atoms with van der Waals surface area (Å²) in [7, 11) is 0. The number of nitrogens with zero attached hydrogens (tertiary/aromatic N) is 3. The van der Waals surface area contributed by atoms with Gasteiger partial charge in [-0.1, -0.05) is 83.9 Å². The molecular formula is C48H38Cl2F2N4O6. The number of ether oxygens (including phenoxy) is 1. The van der Waals surface area contributed by atoms with Crippen LogP contribution in [-0.4, -0.2) is 36.7 Å². The first kappa shape index (κ1) is 43.1. The molecule has 0 bridgehead atoms. The van der Waals surface area contributed by atoms with Crippen molar-refractivity contribution in [2.45, 2.75) is 39.5 Å². The Bertz CT molecular complexity index is 3050. The lowest BCUT2D eigenvalue weighted by Crippen LogP contribution is -2.26. The van der Waals surface area contributed by atoms with Crippen molar-refractivity contribution in [3.63, 3.8) is 0 Å². The zero-order chi connectivity index (χ0) is 44.5. The van der Waals surface area contributed by atoms with Gasteiger partial charge in [0.2, 0.25) is 0 Å². The number of carboxylic acids is 1. The van der Waals surface area contributed by atoms with Gasteiger partial charge in [-0.3, -0.25) is 10.1 Å². The molecule has 0 aliphatic rings. The third-order valence-corrected chi connectivity index (χ3v) is 10.4. The van der Waals surface area contributed by atoms with Crippen molar-refractivity contribution in [1.82, 2.24) is 9.13 Å². The van der Waals surface area contributed by atoms with Crippen LogP contribution in [0.5, 0.6) is 0 Å². The van der Waals surface area contributed by atoms with Gasteiger partial charge in [-0.05, 0) is 92.6 Å². The van der Waals surface area contributed by atoms with E-state index in [4.69, 9.17) is 33.7 Å². The molecule has 2 heterocycles. The van der Waals surface area contributed by atoms with Crippen LogP contribution in [0.15, 0.2) is 133 Å². The first-order chi connectivity index (χ1) is 29.5. The molecule has 0 unspecified atom stereocenters. The fourth-order valence-corrected chi connectivity index (χ4v) is 7.79. The van der Waals surface area contributed by atoms with Crippen molar-refractivity contribution >= 4 is 68.3 Å². The first-order valence-electron chi connectivity index (χ1n) is 19.2. The minimum atomic E-state index is -1.14. The average molecular weight is 876 g/mol. The lowest BCUT2D eigenvalue weighted by Gasteiger charge is -2.21. The number of nitro benzene ring substituents is 1. The number of esters is 1. The molecule has 8 rings (SSSR count). The summed E-state index contributed by atoms with van der Waals surface area (Å²) in [5, 5.41) is 23.3. The van der Waals surface area contributed by atoms with E-state index in [-0.39, 0.29) is 41.3 Å². The Kier molecular flexibility index (Phi) is 12.2. The summed E-state index contributed by atoms with van der Waals surface area (Å²) >= 11 is 12.5. The number of nitrogen functional groups attached to an aromatic ring is 1. The zero-order valence-corrected chi connectivity index (χ0v) is 35.0. The van der Waals surface area contributed by atoms with Crippen molar-refractivity contribution < 1.29 is 33.1 Å². The molecule has 3 N–H and O–H groups in total. The number of fused-ring (bicyclic) bond motifs is 2. The van der Waals surface area contributed by atoms with Gasteiger partial charge in [0.25, 0.3) is 5.69 Å². The monoisotopic (exact) mass is 874 g/mol. The van der Waals surface area contributed by atoms with Crippen LogP contribution in [0.3, 0.4) is 0 Å². The van der Waals surface area contributed by atoms with E-state index in [1.54, 1.807) is 127 Å². The van der Waals surface area contributed by atoms with E-state index >= 15 is 0 Å². The summed E-state index contributed by atoms with van der Waals surface area (Å²) in [4.78, 5) is 36.5.